The lowest BCUT2D eigenvalue weighted by atomic mass is 9.96. The topological polar surface area (TPSA) is 20.2 Å². The van der Waals surface area contributed by atoms with Gasteiger partial charge in [0.15, 0.2) is 0 Å². The van der Waals surface area contributed by atoms with Crippen molar-refractivity contribution in [2.45, 2.75) is 32.8 Å². The minimum Gasteiger partial charge on any atom is -0.388 e. The van der Waals surface area contributed by atoms with Gasteiger partial charge < -0.3 is 5.11 Å². The summed E-state index contributed by atoms with van der Waals surface area (Å²) in [6.07, 6.45) is 1.25. The summed E-state index contributed by atoms with van der Waals surface area (Å²) >= 11 is 3.47. The molecule has 0 bridgehead atoms. The lowest BCUT2D eigenvalue weighted by Crippen LogP contribution is -2.03. The molecule has 0 spiro atoms. The second-order valence-corrected chi connectivity index (χ2v) is 6.61. The zero-order chi connectivity index (χ0) is 14.5. The van der Waals surface area contributed by atoms with Crippen LogP contribution in [-0.4, -0.2) is 5.11 Å². The molecule has 2 aromatic rings. The van der Waals surface area contributed by atoms with Gasteiger partial charge in [-0.25, -0.2) is 0 Å². The molecule has 0 fully saturated rings. The van der Waals surface area contributed by atoms with Crippen molar-refractivity contribution in [3.8, 4) is 0 Å². The van der Waals surface area contributed by atoms with E-state index in [0.717, 1.165) is 22.0 Å². The highest BCUT2D eigenvalue weighted by Crippen LogP contribution is 2.22. The predicted molar refractivity (Wildman–Crippen MR) is 87.8 cm³/mol. The molecule has 1 atom stereocenters. The van der Waals surface area contributed by atoms with E-state index in [1.807, 2.05) is 30.3 Å². The molecule has 0 radical (unpaired) electrons. The van der Waals surface area contributed by atoms with Crippen molar-refractivity contribution in [3.63, 3.8) is 0 Å². The monoisotopic (exact) mass is 332 g/mol. The first-order valence-corrected chi connectivity index (χ1v) is 7.85. The van der Waals surface area contributed by atoms with Crippen LogP contribution in [0, 0.1) is 5.92 Å². The largest absolute Gasteiger partial charge is 0.388 e. The van der Waals surface area contributed by atoms with Crippen molar-refractivity contribution >= 4 is 15.9 Å². The van der Waals surface area contributed by atoms with Gasteiger partial charge in [-0.15, -0.1) is 0 Å². The number of benzene rings is 2. The molecule has 0 amide bonds. The van der Waals surface area contributed by atoms with Gasteiger partial charge in [0.25, 0.3) is 0 Å². The zero-order valence-electron chi connectivity index (χ0n) is 12.0. The van der Waals surface area contributed by atoms with E-state index in [4.69, 9.17) is 0 Å². The summed E-state index contributed by atoms with van der Waals surface area (Å²) in [5.74, 6) is 0.632. The summed E-state index contributed by atoms with van der Waals surface area (Å²) in [6.45, 7) is 4.43. The Bertz CT molecular complexity index is 563. The third-order valence-corrected chi connectivity index (χ3v) is 3.79. The van der Waals surface area contributed by atoms with E-state index in [2.05, 4.69) is 48.0 Å². The maximum atomic E-state index is 10.4. The van der Waals surface area contributed by atoms with Crippen LogP contribution in [0.2, 0.25) is 0 Å². The lowest BCUT2D eigenvalue weighted by molar-refractivity contribution is 0.178. The van der Waals surface area contributed by atoms with Crippen LogP contribution in [0.1, 0.15) is 36.6 Å². The van der Waals surface area contributed by atoms with Crippen LogP contribution in [0.5, 0.6) is 0 Å². The molecule has 20 heavy (non-hydrogen) atoms. The highest BCUT2D eigenvalue weighted by atomic mass is 79.9. The third-order valence-electron chi connectivity index (χ3n) is 3.30. The Labute approximate surface area is 129 Å². The van der Waals surface area contributed by atoms with Crippen LogP contribution in [0.25, 0.3) is 0 Å². The summed E-state index contributed by atoms with van der Waals surface area (Å²) in [7, 11) is 0. The van der Waals surface area contributed by atoms with E-state index >= 15 is 0 Å². The van der Waals surface area contributed by atoms with Gasteiger partial charge >= 0.3 is 0 Å². The molecule has 0 aliphatic heterocycles. The van der Waals surface area contributed by atoms with Gasteiger partial charge in [0.2, 0.25) is 0 Å². The van der Waals surface area contributed by atoms with Crippen LogP contribution in [0.15, 0.2) is 53.0 Å². The normalized spacial score (nSPS) is 12.7. The highest BCUT2D eigenvalue weighted by molar-refractivity contribution is 9.10. The van der Waals surface area contributed by atoms with Crippen LogP contribution < -0.4 is 0 Å². The zero-order valence-corrected chi connectivity index (χ0v) is 13.6. The van der Waals surface area contributed by atoms with E-state index in [0.29, 0.717) is 12.3 Å². The molecule has 1 N–H and O–H groups in total. The maximum Gasteiger partial charge on any atom is 0.0830 e. The Morgan fingerprint density at radius 1 is 0.950 bits per heavy atom. The van der Waals surface area contributed by atoms with E-state index in [1.54, 1.807) is 0 Å². The molecule has 2 heteroatoms. The molecule has 1 unspecified atom stereocenters. The second-order valence-electron chi connectivity index (χ2n) is 5.69. The Morgan fingerprint density at radius 3 is 2.25 bits per heavy atom. The fraction of sp³-hybridized carbons (Fsp3) is 0.333. The number of aliphatic hydroxyl groups excluding tert-OH is 1. The molecule has 0 saturated carbocycles. The van der Waals surface area contributed by atoms with Gasteiger partial charge in [-0.2, -0.15) is 0 Å². The van der Waals surface area contributed by atoms with Crippen LogP contribution in [-0.2, 0) is 12.8 Å². The first-order valence-electron chi connectivity index (χ1n) is 7.06. The Balaban J connectivity index is 2.10. The van der Waals surface area contributed by atoms with Crippen molar-refractivity contribution in [1.29, 1.82) is 0 Å². The number of rotatable bonds is 5. The molecule has 0 heterocycles. The Morgan fingerprint density at radius 2 is 1.60 bits per heavy atom. The molecular formula is C18H21BrO. The van der Waals surface area contributed by atoms with Crippen LogP contribution in [0.4, 0.5) is 0 Å². The van der Waals surface area contributed by atoms with Gasteiger partial charge in [0, 0.05) is 10.9 Å². The lowest BCUT2D eigenvalue weighted by Gasteiger charge is -2.13. The predicted octanol–water partition coefficient (Wildman–Crippen LogP) is 4.92. The minimum absolute atomic E-state index is 0.448. The van der Waals surface area contributed by atoms with E-state index in [-0.39, 0.29) is 0 Å². The third kappa shape index (κ3) is 4.46. The fourth-order valence-electron chi connectivity index (χ4n) is 2.40. The van der Waals surface area contributed by atoms with Crippen LogP contribution in [0.3, 0.4) is 0 Å². The molecule has 0 aromatic heterocycles. The first-order chi connectivity index (χ1) is 9.54. The van der Waals surface area contributed by atoms with Crippen LogP contribution >= 0.6 is 15.9 Å². The number of hydrogen-bond donors (Lipinski definition) is 1. The molecule has 0 aliphatic rings. The Hall–Kier alpha value is -1.12. The first kappa shape index (κ1) is 15.3. The fourth-order valence-corrected chi connectivity index (χ4v) is 2.85. The van der Waals surface area contributed by atoms with Gasteiger partial charge in [0.1, 0.15) is 0 Å². The summed E-state index contributed by atoms with van der Waals surface area (Å²) in [4.78, 5) is 0. The summed E-state index contributed by atoms with van der Waals surface area (Å²) in [5.41, 5.74) is 3.44. The average Bonchev–Trinajstić information content (AvgIpc) is 2.38. The van der Waals surface area contributed by atoms with Gasteiger partial charge in [-0.1, -0.05) is 66.2 Å². The van der Waals surface area contributed by atoms with E-state index < -0.39 is 6.10 Å². The second kappa shape index (κ2) is 7.05. The van der Waals surface area contributed by atoms with Gasteiger partial charge in [-0.05, 0) is 41.2 Å². The standard InChI is InChI=1S/C18H21BrO/c1-13(2)9-14-5-3-7-16(10-14)18(20)12-15-6-4-8-17(19)11-15/h3-8,10-11,13,18,20H,9,12H2,1-2H3. The molecule has 1 nitrogen and oxygen atoms in total. The maximum absolute atomic E-state index is 10.4. The molecule has 106 valence electrons. The van der Waals surface area contributed by atoms with Crippen molar-refractivity contribution in [1.82, 2.24) is 0 Å². The number of hydrogen-bond acceptors (Lipinski definition) is 1. The molecule has 2 aromatic carbocycles. The van der Waals surface area contributed by atoms with Gasteiger partial charge in [-0.3, -0.25) is 0 Å². The molecule has 2 rings (SSSR count). The quantitative estimate of drug-likeness (QED) is 0.823. The number of halogens is 1. The van der Waals surface area contributed by atoms with Gasteiger partial charge in [0.05, 0.1) is 6.10 Å². The van der Waals surface area contributed by atoms with Crippen molar-refractivity contribution in [2.75, 3.05) is 0 Å². The summed E-state index contributed by atoms with van der Waals surface area (Å²) in [6, 6.07) is 16.4. The number of aliphatic hydroxyl groups is 1. The highest BCUT2D eigenvalue weighted by Gasteiger charge is 2.10. The smallest absolute Gasteiger partial charge is 0.0830 e. The minimum atomic E-state index is -0.448. The van der Waals surface area contributed by atoms with Crippen molar-refractivity contribution in [3.05, 3.63) is 69.7 Å². The van der Waals surface area contributed by atoms with Crippen molar-refractivity contribution < 1.29 is 5.11 Å². The SMILES string of the molecule is CC(C)Cc1cccc(C(O)Cc2cccc(Br)c2)c1. The van der Waals surface area contributed by atoms with E-state index in [9.17, 15) is 5.11 Å². The molecule has 0 saturated heterocycles. The Kier molecular flexibility index (Phi) is 5.38. The summed E-state index contributed by atoms with van der Waals surface area (Å²) in [5, 5.41) is 10.4. The average molecular weight is 333 g/mol. The van der Waals surface area contributed by atoms with E-state index in [1.165, 1.54) is 5.56 Å². The molecular weight excluding hydrogens is 312 g/mol. The molecule has 0 aliphatic carbocycles. The van der Waals surface area contributed by atoms with Crippen molar-refractivity contribution in [2.24, 2.45) is 5.92 Å². The summed E-state index contributed by atoms with van der Waals surface area (Å²) < 4.78 is 1.05.